The molecule has 5 heteroatoms. The zero-order valence-electron chi connectivity index (χ0n) is 11.6. The van der Waals surface area contributed by atoms with Crippen molar-refractivity contribution in [1.82, 2.24) is 0 Å². The van der Waals surface area contributed by atoms with Crippen LogP contribution in [-0.4, -0.2) is 19.5 Å². The van der Waals surface area contributed by atoms with Crippen LogP contribution in [0.15, 0.2) is 40.8 Å². The Morgan fingerprint density at radius 3 is 2.80 bits per heavy atom. The molecule has 0 spiro atoms. The van der Waals surface area contributed by atoms with Crippen molar-refractivity contribution >= 4 is 34.2 Å². The number of hydrogen-bond donors (Lipinski definition) is 2. The molecule has 0 saturated heterocycles. The van der Waals surface area contributed by atoms with Gasteiger partial charge in [0.25, 0.3) is 5.91 Å². The molecule has 1 atom stereocenters. The normalized spacial score (nSPS) is 12.2. The van der Waals surface area contributed by atoms with Crippen LogP contribution in [-0.2, 0) is 11.3 Å². The highest BCUT2D eigenvalue weighted by molar-refractivity contribution is 14.1. The van der Waals surface area contributed by atoms with E-state index < -0.39 is 0 Å². The molecule has 1 aromatic carbocycles. The number of carbonyl (C=O) groups excluding carboxylic acids is 1. The zero-order valence-corrected chi connectivity index (χ0v) is 13.7. The molecule has 0 saturated carbocycles. The Hall–Kier alpha value is -1.34. The molecular weight excluding hydrogens is 367 g/mol. The van der Waals surface area contributed by atoms with Crippen LogP contribution in [0.5, 0.6) is 0 Å². The van der Waals surface area contributed by atoms with Gasteiger partial charge in [-0.3, -0.25) is 4.79 Å². The predicted molar refractivity (Wildman–Crippen MR) is 86.7 cm³/mol. The summed E-state index contributed by atoms with van der Waals surface area (Å²) in [6.45, 7) is 3.03. The van der Waals surface area contributed by atoms with E-state index in [9.17, 15) is 4.79 Å². The average molecular weight is 385 g/mol. The van der Waals surface area contributed by atoms with Crippen LogP contribution >= 0.6 is 22.6 Å². The summed E-state index contributed by atoms with van der Waals surface area (Å²) in [4.78, 5) is 13.1. The maximum atomic E-state index is 12.0. The molecule has 0 radical (unpaired) electrons. The van der Waals surface area contributed by atoms with Crippen molar-refractivity contribution < 1.29 is 14.1 Å². The molecule has 2 rings (SSSR count). The second kappa shape index (κ2) is 6.90. The van der Waals surface area contributed by atoms with Crippen LogP contribution in [0.1, 0.15) is 11.5 Å². The molecular formula is C15H18IN2O2+. The lowest BCUT2D eigenvalue weighted by Gasteiger charge is -2.12. The molecule has 2 aromatic rings. The molecule has 20 heavy (non-hydrogen) atoms. The maximum Gasteiger partial charge on any atom is 0.279 e. The number of carbonyl (C=O) groups is 1. The fourth-order valence-electron chi connectivity index (χ4n) is 1.99. The van der Waals surface area contributed by atoms with Crippen LogP contribution in [0.2, 0.25) is 0 Å². The van der Waals surface area contributed by atoms with Gasteiger partial charge >= 0.3 is 0 Å². The lowest BCUT2D eigenvalue weighted by atomic mass is 10.3. The topological polar surface area (TPSA) is 46.7 Å². The van der Waals surface area contributed by atoms with Gasteiger partial charge in [-0.15, -0.1) is 0 Å². The summed E-state index contributed by atoms with van der Waals surface area (Å²) in [5, 5.41) is 2.91. The quantitative estimate of drug-likeness (QED) is 0.772. The van der Waals surface area contributed by atoms with Gasteiger partial charge in [0.1, 0.15) is 12.3 Å². The Kier molecular flexibility index (Phi) is 5.19. The molecule has 0 aliphatic carbocycles. The number of nitrogens with one attached hydrogen (secondary N) is 2. The Morgan fingerprint density at radius 2 is 2.15 bits per heavy atom. The lowest BCUT2D eigenvalue weighted by Crippen LogP contribution is -3.08. The van der Waals surface area contributed by atoms with E-state index in [1.807, 2.05) is 50.4 Å². The second-order valence-electron chi connectivity index (χ2n) is 4.88. The molecule has 0 aliphatic heterocycles. The number of likely N-dealkylation sites (N-methyl/N-ethyl adjacent to an activating group) is 1. The molecule has 1 unspecified atom stereocenters. The van der Waals surface area contributed by atoms with Gasteiger partial charge < -0.3 is 14.6 Å². The fraction of sp³-hybridized carbons (Fsp3) is 0.267. The second-order valence-corrected chi connectivity index (χ2v) is 6.13. The van der Waals surface area contributed by atoms with Crippen LogP contribution in [0, 0.1) is 10.5 Å². The van der Waals surface area contributed by atoms with Crippen molar-refractivity contribution in [2.45, 2.75) is 13.5 Å². The largest absolute Gasteiger partial charge is 0.460 e. The number of furan rings is 1. The van der Waals surface area contributed by atoms with Crippen molar-refractivity contribution in [2.75, 3.05) is 18.9 Å². The van der Waals surface area contributed by atoms with E-state index >= 15 is 0 Å². The van der Waals surface area contributed by atoms with Gasteiger partial charge in [-0.2, -0.15) is 0 Å². The molecule has 1 amide bonds. The van der Waals surface area contributed by atoms with Gasteiger partial charge in [-0.25, -0.2) is 0 Å². The van der Waals surface area contributed by atoms with Gasteiger partial charge in [-0.05, 0) is 59.8 Å². The van der Waals surface area contributed by atoms with Gasteiger partial charge in [0, 0.05) is 9.26 Å². The maximum absolute atomic E-state index is 12.0. The first-order chi connectivity index (χ1) is 9.52. The van der Waals surface area contributed by atoms with Gasteiger partial charge in [-0.1, -0.05) is 6.07 Å². The summed E-state index contributed by atoms with van der Waals surface area (Å²) in [6, 6.07) is 11.7. The molecule has 2 N–H and O–H groups in total. The van der Waals surface area contributed by atoms with E-state index in [1.54, 1.807) is 0 Å². The number of aryl methyl sites for hydroxylation is 1. The number of benzene rings is 1. The minimum Gasteiger partial charge on any atom is -0.460 e. The number of quaternary nitrogens is 1. The van der Waals surface area contributed by atoms with Crippen molar-refractivity contribution in [3.63, 3.8) is 0 Å². The number of halogens is 1. The number of rotatable bonds is 5. The minimum atomic E-state index is 0.00720. The van der Waals surface area contributed by atoms with Crippen LogP contribution < -0.4 is 10.2 Å². The minimum absolute atomic E-state index is 0.00720. The summed E-state index contributed by atoms with van der Waals surface area (Å²) in [5.41, 5.74) is 0.837. The average Bonchev–Trinajstić information content (AvgIpc) is 2.74. The zero-order chi connectivity index (χ0) is 14.5. The number of hydrogen-bond acceptors (Lipinski definition) is 2. The molecule has 1 heterocycles. The Balaban J connectivity index is 1.84. The summed E-state index contributed by atoms with van der Waals surface area (Å²) in [7, 11) is 1.98. The highest BCUT2D eigenvalue weighted by Crippen LogP contribution is 2.11. The Bertz CT molecular complexity index is 595. The van der Waals surface area contributed by atoms with Gasteiger partial charge in [0.2, 0.25) is 0 Å². The number of amides is 1. The van der Waals surface area contributed by atoms with Crippen molar-refractivity contribution in [1.29, 1.82) is 0 Å². The van der Waals surface area contributed by atoms with Crippen molar-refractivity contribution in [3.8, 4) is 0 Å². The Labute approximate surface area is 132 Å². The van der Waals surface area contributed by atoms with Crippen molar-refractivity contribution in [2.24, 2.45) is 0 Å². The third-order valence-electron chi connectivity index (χ3n) is 2.84. The third-order valence-corrected chi connectivity index (χ3v) is 3.51. The van der Waals surface area contributed by atoms with E-state index in [4.69, 9.17) is 4.42 Å². The van der Waals surface area contributed by atoms with E-state index in [2.05, 4.69) is 27.9 Å². The monoisotopic (exact) mass is 385 g/mol. The van der Waals surface area contributed by atoms with Crippen LogP contribution in [0.4, 0.5) is 5.69 Å². The summed E-state index contributed by atoms with van der Waals surface area (Å²) in [5.74, 6) is 1.81. The van der Waals surface area contributed by atoms with Crippen LogP contribution in [0.3, 0.4) is 0 Å². The lowest BCUT2D eigenvalue weighted by molar-refractivity contribution is -0.886. The number of anilines is 1. The summed E-state index contributed by atoms with van der Waals surface area (Å²) in [6.07, 6.45) is 0. The standard InChI is InChI=1S/C15H17IN2O2/c1-11-6-7-14(20-11)9-18(2)10-15(19)17-13-5-3-4-12(16)8-13/h3-8H,9-10H2,1-2H3,(H,17,19)/p+1. The summed E-state index contributed by atoms with van der Waals surface area (Å²) < 4.78 is 6.62. The molecule has 106 valence electrons. The third kappa shape index (κ3) is 4.64. The first kappa shape index (κ1) is 15.1. The first-order valence-electron chi connectivity index (χ1n) is 6.45. The van der Waals surface area contributed by atoms with E-state index in [0.717, 1.165) is 25.7 Å². The SMILES string of the molecule is Cc1ccc(C[NH+](C)CC(=O)Nc2cccc(I)c2)o1. The molecule has 0 aliphatic rings. The molecule has 1 aromatic heterocycles. The van der Waals surface area contributed by atoms with E-state index in [0.29, 0.717) is 13.1 Å². The van der Waals surface area contributed by atoms with E-state index in [-0.39, 0.29) is 5.91 Å². The first-order valence-corrected chi connectivity index (χ1v) is 7.53. The highest BCUT2D eigenvalue weighted by Gasteiger charge is 2.12. The smallest absolute Gasteiger partial charge is 0.279 e. The van der Waals surface area contributed by atoms with Crippen molar-refractivity contribution in [3.05, 3.63) is 51.5 Å². The molecule has 4 nitrogen and oxygen atoms in total. The Morgan fingerprint density at radius 1 is 1.35 bits per heavy atom. The molecule has 0 bridgehead atoms. The highest BCUT2D eigenvalue weighted by atomic mass is 127. The van der Waals surface area contributed by atoms with E-state index in [1.165, 1.54) is 0 Å². The van der Waals surface area contributed by atoms with Crippen LogP contribution in [0.25, 0.3) is 0 Å². The van der Waals surface area contributed by atoms with Gasteiger partial charge in [0.15, 0.2) is 12.3 Å². The molecule has 0 fully saturated rings. The fourth-order valence-corrected chi connectivity index (χ4v) is 2.53. The predicted octanol–water partition coefficient (Wildman–Crippen LogP) is 1.85. The van der Waals surface area contributed by atoms with Gasteiger partial charge in [0.05, 0.1) is 7.05 Å². The summed E-state index contributed by atoms with van der Waals surface area (Å²) >= 11 is 2.23.